The summed E-state index contributed by atoms with van der Waals surface area (Å²) in [6.07, 6.45) is 0.726. The van der Waals surface area contributed by atoms with Gasteiger partial charge in [-0.2, -0.15) is 0 Å². The van der Waals surface area contributed by atoms with Gasteiger partial charge in [0.15, 0.2) is 5.78 Å². The average molecular weight is 302 g/mol. The normalized spacial score (nSPS) is 10.2. The number of benzene rings is 1. The summed E-state index contributed by atoms with van der Waals surface area (Å²) in [5, 5.41) is 18.4. The molecule has 0 saturated heterocycles. The number of aromatic nitrogens is 1. The minimum absolute atomic E-state index is 0.179. The smallest absolute Gasteiger partial charge is 0.303 e. The molecule has 0 amide bonds. The van der Waals surface area contributed by atoms with Gasteiger partial charge in [-0.15, -0.1) is 0 Å². The first-order valence-electron chi connectivity index (χ1n) is 6.43. The van der Waals surface area contributed by atoms with E-state index < -0.39 is 11.8 Å². The van der Waals surface area contributed by atoms with Gasteiger partial charge in [-0.25, -0.2) is 4.98 Å². The molecule has 0 aliphatic carbocycles. The Bertz CT molecular complexity index is 715. The van der Waals surface area contributed by atoms with E-state index in [0.29, 0.717) is 11.4 Å². The summed E-state index contributed by atoms with van der Waals surface area (Å²) >= 11 is 0. The highest BCUT2D eigenvalue weighted by molar-refractivity contribution is 5.98. The largest absolute Gasteiger partial charge is 0.505 e. The second-order valence-electron chi connectivity index (χ2n) is 4.53. The van der Waals surface area contributed by atoms with E-state index in [1.54, 1.807) is 24.3 Å². The van der Waals surface area contributed by atoms with E-state index in [-0.39, 0.29) is 30.0 Å². The number of nitrogens with zero attached hydrogens (tertiary/aromatic N) is 1. The molecule has 0 fully saturated rings. The molecule has 7 nitrogen and oxygen atoms in total. The maximum absolute atomic E-state index is 11.7. The predicted molar refractivity (Wildman–Crippen MR) is 78.0 cm³/mol. The maximum Gasteiger partial charge on any atom is 0.303 e. The molecule has 0 saturated carbocycles. The van der Waals surface area contributed by atoms with Crippen LogP contribution >= 0.6 is 0 Å². The fourth-order valence-electron chi connectivity index (χ4n) is 1.76. The summed E-state index contributed by atoms with van der Waals surface area (Å²) < 4.78 is 5.47. The van der Waals surface area contributed by atoms with E-state index in [1.807, 2.05) is 0 Å². The van der Waals surface area contributed by atoms with Crippen molar-refractivity contribution in [1.82, 2.24) is 4.98 Å². The first kappa shape index (κ1) is 15.3. The third-order valence-corrected chi connectivity index (χ3v) is 2.77. The molecule has 2 rings (SSSR count). The second kappa shape index (κ2) is 6.57. The zero-order valence-corrected chi connectivity index (χ0v) is 11.5. The molecule has 4 N–H and O–H groups in total. The molecule has 0 atom stereocenters. The lowest BCUT2D eigenvalue weighted by molar-refractivity contribution is -0.136. The van der Waals surface area contributed by atoms with Crippen LogP contribution in [0.1, 0.15) is 23.3 Å². The van der Waals surface area contributed by atoms with Crippen molar-refractivity contribution >= 4 is 17.4 Å². The number of Topliss-reactive ketones (excluding diaryl/α,β-unsaturated/α-hetero) is 1. The fraction of sp³-hybridized carbons (Fsp3) is 0.133. The van der Waals surface area contributed by atoms with Crippen molar-refractivity contribution < 1.29 is 24.5 Å². The summed E-state index contributed by atoms with van der Waals surface area (Å²) in [7, 11) is 0. The molecular formula is C15H14N2O5. The summed E-state index contributed by atoms with van der Waals surface area (Å²) in [5.41, 5.74) is 5.97. The Balaban J connectivity index is 2.12. The highest BCUT2D eigenvalue weighted by atomic mass is 16.5. The van der Waals surface area contributed by atoms with Crippen LogP contribution in [-0.2, 0) is 4.79 Å². The van der Waals surface area contributed by atoms with Gasteiger partial charge in [0.25, 0.3) is 0 Å². The molecular weight excluding hydrogens is 288 g/mol. The molecule has 1 aromatic heterocycles. The first-order chi connectivity index (χ1) is 10.5. The molecule has 0 radical (unpaired) electrons. The number of carboxylic acids is 1. The highest BCUT2D eigenvalue weighted by Crippen LogP contribution is 2.27. The number of nitrogen functional groups attached to an aromatic ring is 1. The number of nitrogens with two attached hydrogens (primary N) is 1. The molecule has 0 unspecified atom stereocenters. The maximum atomic E-state index is 11.7. The van der Waals surface area contributed by atoms with Gasteiger partial charge < -0.3 is 20.7 Å². The summed E-state index contributed by atoms with van der Waals surface area (Å²) in [6.45, 7) is 0. The molecule has 114 valence electrons. The van der Waals surface area contributed by atoms with E-state index in [9.17, 15) is 14.7 Å². The Morgan fingerprint density at radius 1 is 1.18 bits per heavy atom. The van der Waals surface area contributed by atoms with E-state index in [1.165, 1.54) is 12.3 Å². The fourth-order valence-corrected chi connectivity index (χ4v) is 1.76. The van der Waals surface area contributed by atoms with Crippen LogP contribution < -0.4 is 10.5 Å². The van der Waals surface area contributed by atoms with Gasteiger partial charge in [0.2, 0.25) is 0 Å². The Hall–Kier alpha value is -3.09. The van der Waals surface area contributed by atoms with Crippen LogP contribution in [0.5, 0.6) is 17.2 Å². The van der Waals surface area contributed by atoms with Gasteiger partial charge >= 0.3 is 5.97 Å². The van der Waals surface area contributed by atoms with Crippen LogP contribution in [0.4, 0.5) is 5.69 Å². The number of aromatic hydroxyl groups is 1. The number of ketones is 1. The van der Waals surface area contributed by atoms with Crippen LogP contribution in [0.2, 0.25) is 0 Å². The molecule has 2 aromatic rings. The molecule has 0 bridgehead atoms. The van der Waals surface area contributed by atoms with Crippen molar-refractivity contribution in [2.45, 2.75) is 12.8 Å². The van der Waals surface area contributed by atoms with Gasteiger partial charge in [-0.1, -0.05) is 6.07 Å². The number of hydrogen-bond acceptors (Lipinski definition) is 6. The van der Waals surface area contributed by atoms with Gasteiger partial charge in [-0.05, 0) is 12.1 Å². The average Bonchev–Trinajstić information content (AvgIpc) is 2.45. The van der Waals surface area contributed by atoms with Crippen molar-refractivity contribution in [3.05, 3.63) is 42.2 Å². The Labute approximate surface area is 126 Å². The number of aliphatic carboxylic acids is 1. The summed E-state index contributed by atoms with van der Waals surface area (Å²) in [6, 6.07) is 7.93. The van der Waals surface area contributed by atoms with Crippen LogP contribution in [-0.4, -0.2) is 26.9 Å². The molecule has 0 spiro atoms. The number of ether oxygens (including phenoxy) is 1. The lowest BCUT2D eigenvalue weighted by Gasteiger charge is -2.08. The summed E-state index contributed by atoms with van der Waals surface area (Å²) in [5.74, 6) is -1.30. The van der Waals surface area contributed by atoms with E-state index in [0.717, 1.165) is 0 Å². The highest BCUT2D eigenvalue weighted by Gasteiger charge is 2.15. The van der Waals surface area contributed by atoms with E-state index >= 15 is 0 Å². The summed E-state index contributed by atoms with van der Waals surface area (Å²) in [4.78, 5) is 26.0. The van der Waals surface area contributed by atoms with Gasteiger partial charge in [0.05, 0.1) is 12.6 Å². The molecule has 22 heavy (non-hydrogen) atoms. The first-order valence-corrected chi connectivity index (χ1v) is 6.43. The number of carboxylic acid groups (broad SMARTS) is 1. The third-order valence-electron chi connectivity index (χ3n) is 2.77. The molecule has 7 heteroatoms. The minimum atomic E-state index is -1.09. The minimum Gasteiger partial charge on any atom is -0.505 e. The van der Waals surface area contributed by atoms with Crippen LogP contribution in [0.25, 0.3) is 0 Å². The Morgan fingerprint density at radius 2 is 1.95 bits per heavy atom. The standard InChI is InChI=1S/C15H14N2O5/c16-9-2-1-3-10(6-9)22-11-7-13(19)15(17-8-11)12(18)4-5-14(20)21/h1-3,6-8,19H,4-5,16H2,(H,20,21). The van der Waals surface area contributed by atoms with E-state index in [2.05, 4.69) is 4.98 Å². The van der Waals surface area contributed by atoms with Gasteiger partial charge in [-0.3, -0.25) is 9.59 Å². The van der Waals surface area contributed by atoms with E-state index in [4.69, 9.17) is 15.6 Å². The topological polar surface area (TPSA) is 123 Å². The molecule has 0 aliphatic rings. The number of pyridine rings is 1. The monoisotopic (exact) mass is 302 g/mol. The number of carbonyl (C=O) groups excluding carboxylic acids is 1. The van der Waals surface area contributed by atoms with Gasteiger partial charge in [0.1, 0.15) is 22.9 Å². The zero-order chi connectivity index (χ0) is 16.1. The number of anilines is 1. The zero-order valence-electron chi connectivity index (χ0n) is 11.5. The Kier molecular flexibility index (Phi) is 4.57. The molecule has 1 heterocycles. The van der Waals surface area contributed by atoms with Crippen molar-refractivity contribution in [2.24, 2.45) is 0 Å². The van der Waals surface area contributed by atoms with Gasteiger partial charge in [0, 0.05) is 24.2 Å². The van der Waals surface area contributed by atoms with Crippen molar-refractivity contribution in [3.8, 4) is 17.2 Å². The SMILES string of the molecule is Nc1cccc(Oc2cnc(C(=O)CCC(=O)O)c(O)c2)c1. The number of carbonyl (C=O) groups is 2. The lowest BCUT2D eigenvalue weighted by Crippen LogP contribution is -2.06. The van der Waals surface area contributed by atoms with Crippen LogP contribution in [0, 0.1) is 0 Å². The third kappa shape index (κ3) is 3.95. The lowest BCUT2D eigenvalue weighted by atomic mass is 10.1. The van der Waals surface area contributed by atoms with Crippen LogP contribution in [0.15, 0.2) is 36.5 Å². The van der Waals surface area contributed by atoms with Crippen molar-refractivity contribution in [1.29, 1.82) is 0 Å². The van der Waals surface area contributed by atoms with Crippen molar-refractivity contribution in [3.63, 3.8) is 0 Å². The van der Waals surface area contributed by atoms with Crippen LogP contribution in [0.3, 0.4) is 0 Å². The number of hydrogen-bond donors (Lipinski definition) is 3. The Morgan fingerprint density at radius 3 is 2.59 bits per heavy atom. The van der Waals surface area contributed by atoms with Crippen molar-refractivity contribution in [2.75, 3.05) is 5.73 Å². The molecule has 1 aromatic carbocycles. The predicted octanol–water partition coefficient (Wildman–Crippen LogP) is 2.21. The second-order valence-corrected chi connectivity index (χ2v) is 4.53. The molecule has 0 aliphatic heterocycles. The quantitative estimate of drug-likeness (QED) is 0.552. The number of rotatable bonds is 6.